The molecule has 4 aliphatic carbocycles. The minimum atomic E-state index is -0.810. The van der Waals surface area contributed by atoms with Crippen molar-refractivity contribution in [3.63, 3.8) is 0 Å². The normalized spacial score (nSPS) is 62.3. The Labute approximate surface area is 197 Å². The van der Waals surface area contributed by atoms with E-state index >= 15 is 0 Å². The first-order chi connectivity index (χ1) is 15.4. The summed E-state index contributed by atoms with van der Waals surface area (Å²) in [4.78, 5) is 0. The molecule has 0 aromatic rings. The molecule has 2 heterocycles. The summed E-state index contributed by atoms with van der Waals surface area (Å²) in [6.45, 7) is 8.84. The molecular formula is C27H42O6. The third kappa shape index (κ3) is 2.94. The molecule has 2 aliphatic heterocycles. The van der Waals surface area contributed by atoms with Crippen LogP contribution in [-0.4, -0.2) is 62.8 Å². The van der Waals surface area contributed by atoms with Crippen molar-refractivity contribution in [1.82, 2.24) is 0 Å². The van der Waals surface area contributed by atoms with Crippen LogP contribution in [0.5, 0.6) is 0 Å². The van der Waals surface area contributed by atoms with Gasteiger partial charge in [-0.3, -0.25) is 0 Å². The van der Waals surface area contributed by atoms with Gasteiger partial charge in [-0.15, -0.1) is 0 Å². The van der Waals surface area contributed by atoms with Gasteiger partial charge in [-0.1, -0.05) is 32.4 Å². The van der Waals surface area contributed by atoms with E-state index in [9.17, 15) is 20.4 Å². The summed E-state index contributed by atoms with van der Waals surface area (Å²) in [5.41, 5.74) is -0.0192. The number of hydrogen-bond acceptors (Lipinski definition) is 6. The number of ether oxygens (including phenoxy) is 2. The molecule has 6 nitrogen and oxygen atoms in total. The van der Waals surface area contributed by atoms with Crippen molar-refractivity contribution in [2.45, 2.75) is 108 Å². The van der Waals surface area contributed by atoms with Crippen LogP contribution in [0.15, 0.2) is 11.6 Å². The molecule has 0 aromatic heterocycles. The van der Waals surface area contributed by atoms with Crippen LogP contribution >= 0.6 is 0 Å². The quantitative estimate of drug-likeness (QED) is 0.413. The van der Waals surface area contributed by atoms with E-state index in [2.05, 4.69) is 20.8 Å². The van der Waals surface area contributed by atoms with Gasteiger partial charge in [0.05, 0.1) is 36.6 Å². The Morgan fingerprint density at radius 3 is 2.45 bits per heavy atom. The van der Waals surface area contributed by atoms with Gasteiger partial charge in [-0.05, 0) is 68.6 Å². The highest BCUT2D eigenvalue weighted by molar-refractivity contribution is 5.29. The summed E-state index contributed by atoms with van der Waals surface area (Å²) in [6, 6.07) is 0. The van der Waals surface area contributed by atoms with Gasteiger partial charge >= 0.3 is 0 Å². The molecule has 3 saturated carbocycles. The lowest BCUT2D eigenvalue weighted by molar-refractivity contribution is -0.295. The first-order valence-electron chi connectivity index (χ1n) is 13.2. The lowest BCUT2D eigenvalue weighted by atomic mass is 9.45. The monoisotopic (exact) mass is 462 g/mol. The second-order valence-electron chi connectivity index (χ2n) is 13.2. The molecule has 33 heavy (non-hydrogen) atoms. The molecule has 0 amide bonds. The van der Waals surface area contributed by atoms with Gasteiger partial charge in [0.15, 0.2) is 5.79 Å². The standard InChI is InChI=1S/C27H42O6/c1-14-23-20(33-27(14)8-7-24(2,31)13-32-27)11-18-22-17(12-21(30)26(18,23)4)25(3)6-5-16(28)9-15(25)10-19(22)29/h10,14,16-23,28-31H,5-9,11-13H2,1-4H3/t14-,16-,17-,18-,19-,20-,21+,22+,23-,24-,25-,26+,27+/m0/s1. The largest absolute Gasteiger partial charge is 0.393 e. The summed E-state index contributed by atoms with van der Waals surface area (Å²) >= 11 is 0. The van der Waals surface area contributed by atoms with Crippen LogP contribution < -0.4 is 0 Å². The van der Waals surface area contributed by atoms with E-state index in [0.29, 0.717) is 25.7 Å². The predicted molar refractivity (Wildman–Crippen MR) is 122 cm³/mol. The third-order valence-electron chi connectivity index (χ3n) is 11.5. The minimum Gasteiger partial charge on any atom is -0.393 e. The number of hydrogen-bond donors (Lipinski definition) is 4. The molecule has 6 aliphatic rings. The molecular weight excluding hydrogens is 420 g/mol. The Kier molecular flexibility index (Phi) is 4.89. The number of aliphatic hydroxyl groups is 4. The number of fused-ring (bicyclic) bond motifs is 7. The van der Waals surface area contributed by atoms with E-state index < -0.39 is 23.6 Å². The summed E-state index contributed by atoms with van der Waals surface area (Å²) in [6.07, 6.45) is 5.95. The van der Waals surface area contributed by atoms with Crippen LogP contribution in [0.4, 0.5) is 0 Å². The van der Waals surface area contributed by atoms with E-state index in [0.717, 1.165) is 19.3 Å². The van der Waals surface area contributed by atoms with Crippen LogP contribution in [0, 0.1) is 40.4 Å². The fraction of sp³-hybridized carbons (Fsp3) is 0.926. The highest BCUT2D eigenvalue weighted by Gasteiger charge is 2.72. The second-order valence-corrected chi connectivity index (χ2v) is 13.2. The maximum atomic E-state index is 11.8. The second kappa shape index (κ2) is 7.04. The van der Waals surface area contributed by atoms with Gasteiger partial charge in [0.25, 0.3) is 0 Å². The van der Waals surface area contributed by atoms with Gasteiger partial charge in [0.2, 0.25) is 0 Å². The van der Waals surface area contributed by atoms with Crippen molar-refractivity contribution in [2.75, 3.05) is 6.61 Å². The Bertz CT molecular complexity index is 844. The van der Waals surface area contributed by atoms with Gasteiger partial charge in [0.1, 0.15) is 0 Å². The molecule has 0 unspecified atom stereocenters. The van der Waals surface area contributed by atoms with Crippen molar-refractivity contribution in [2.24, 2.45) is 40.4 Å². The fourth-order valence-electron chi connectivity index (χ4n) is 9.58. The topological polar surface area (TPSA) is 99.4 Å². The molecule has 0 aromatic carbocycles. The molecule has 4 N–H and O–H groups in total. The molecule has 0 bridgehead atoms. The zero-order valence-electron chi connectivity index (χ0n) is 20.5. The van der Waals surface area contributed by atoms with E-state index in [1.165, 1.54) is 5.57 Å². The van der Waals surface area contributed by atoms with Gasteiger partial charge in [-0.25, -0.2) is 0 Å². The van der Waals surface area contributed by atoms with Gasteiger partial charge < -0.3 is 29.9 Å². The van der Waals surface area contributed by atoms with E-state index in [-0.39, 0.29) is 59.2 Å². The minimum absolute atomic E-state index is 0.00464. The smallest absolute Gasteiger partial charge is 0.171 e. The maximum absolute atomic E-state index is 11.8. The third-order valence-corrected chi connectivity index (χ3v) is 11.5. The lowest BCUT2D eigenvalue weighted by Crippen LogP contribution is -2.60. The summed E-state index contributed by atoms with van der Waals surface area (Å²) in [5.74, 6) is 0.118. The van der Waals surface area contributed by atoms with Crippen molar-refractivity contribution in [1.29, 1.82) is 0 Å². The summed E-state index contributed by atoms with van der Waals surface area (Å²) in [5, 5.41) is 43.8. The molecule has 2 saturated heterocycles. The molecule has 6 rings (SSSR count). The highest BCUT2D eigenvalue weighted by Crippen LogP contribution is 2.70. The van der Waals surface area contributed by atoms with E-state index in [4.69, 9.17) is 9.47 Å². The van der Waals surface area contributed by atoms with Crippen LogP contribution in [-0.2, 0) is 9.47 Å². The SMILES string of the molecule is C[C@H]1[C@H]2[C@H](C[C@H]3[C@@H]4[C@@H](O)C=C5C[C@@H](O)CC[C@]5(C)[C@H]4C[C@@H](O)[C@]23C)O[C@]12CC[C@](C)(O)CO2. The first-order valence-corrected chi connectivity index (χ1v) is 13.2. The van der Waals surface area contributed by atoms with Crippen molar-refractivity contribution < 1.29 is 29.9 Å². The van der Waals surface area contributed by atoms with Gasteiger partial charge in [0, 0.05) is 23.7 Å². The van der Waals surface area contributed by atoms with Crippen molar-refractivity contribution in [3.8, 4) is 0 Å². The summed E-state index contributed by atoms with van der Waals surface area (Å²) < 4.78 is 12.9. The zero-order valence-corrected chi connectivity index (χ0v) is 20.5. The highest BCUT2D eigenvalue weighted by atomic mass is 16.7. The molecule has 5 fully saturated rings. The average molecular weight is 463 g/mol. The van der Waals surface area contributed by atoms with Crippen LogP contribution in [0.2, 0.25) is 0 Å². The Balaban J connectivity index is 1.33. The first kappa shape index (κ1) is 22.9. The van der Waals surface area contributed by atoms with Crippen LogP contribution in [0.3, 0.4) is 0 Å². The molecule has 186 valence electrons. The molecule has 6 heteroatoms. The van der Waals surface area contributed by atoms with Crippen LogP contribution in [0.1, 0.15) is 72.6 Å². The van der Waals surface area contributed by atoms with Crippen molar-refractivity contribution >= 4 is 0 Å². The molecule has 13 atom stereocenters. The zero-order chi connectivity index (χ0) is 23.6. The number of aliphatic hydroxyl groups excluding tert-OH is 3. The molecule has 0 radical (unpaired) electrons. The Morgan fingerprint density at radius 1 is 1.00 bits per heavy atom. The Hall–Kier alpha value is -0.500. The molecule has 1 spiro atoms. The van der Waals surface area contributed by atoms with Crippen molar-refractivity contribution in [3.05, 3.63) is 11.6 Å². The predicted octanol–water partition coefficient (Wildman–Crippen LogP) is 2.77. The van der Waals surface area contributed by atoms with E-state index in [1.54, 1.807) is 0 Å². The van der Waals surface area contributed by atoms with E-state index in [1.807, 2.05) is 13.0 Å². The average Bonchev–Trinajstić information content (AvgIpc) is 3.19. The lowest BCUT2D eigenvalue weighted by Gasteiger charge is -2.61. The summed E-state index contributed by atoms with van der Waals surface area (Å²) in [7, 11) is 0. The van der Waals surface area contributed by atoms with Gasteiger partial charge in [-0.2, -0.15) is 0 Å². The Morgan fingerprint density at radius 2 is 1.76 bits per heavy atom. The van der Waals surface area contributed by atoms with Crippen LogP contribution in [0.25, 0.3) is 0 Å². The number of rotatable bonds is 0. The fourth-order valence-corrected chi connectivity index (χ4v) is 9.58. The maximum Gasteiger partial charge on any atom is 0.171 e.